The molecular weight excluding hydrogens is 288 g/mol. The summed E-state index contributed by atoms with van der Waals surface area (Å²) >= 11 is 0. The number of carbonyl (C=O) groups excluding carboxylic acids is 1. The van der Waals surface area contributed by atoms with Crippen LogP contribution < -0.4 is 5.32 Å². The lowest BCUT2D eigenvalue weighted by atomic mass is 9.89. The number of rotatable bonds is 3. The molecule has 5 nitrogen and oxygen atoms in total. The Morgan fingerprint density at radius 2 is 2.29 bits per heavy atom. The summed E-state index contributed by atoms with van der Waals surface area (Å²) in [4.78, 5) is 15.0. The van der Waals surface area contributed by atoms with Gasteiger partial charge in [0, 0.05) is 44.8 Å². The molecule has 0 bridgehead atoms. The molecule has 2 aliphatic heterocycles. The molecule has 1 amide bonds. The molecule has 0 spiro atoms. The molecule has 1 aromatic rings. The summed E-state index contributed by atoms with van der Waals surface area (Å²) in [5.74, 6) is 0.689. The Morgan fingerprint density at radius 1 is 1.48 bits per heavy atom. The zero-order valence-electron chi connectivity index (χ0n) is 12.8. The van der Waals surface area contributed by atoms with Crippen molar-refractivity contribution in [2.75, 3.05) is 19.6 Å². The summed E-state index contributed by atoms with van der Waals surface area (Å²) in [5, 5.41) is 7.63. The molecule has 0 radical (unpaired) electrons. The highest BCUT2D eigenvalue weighted by Gasteiger charge is 2.39. The van der Waals surface area contributed by atoms with Crippen LogP contribution in [0.4, 0.5) is 0 Å². The minimum atomic E-state index is 0. The second kappa shape index (κ2) is 6.79. The molecule has 1 aromatic heterocycles. The Labute approximate surface area is 132 Å². The quantitative estimate of drug-likeness (QED) is 0.921. The van der Waals surface area contributed by atoms with Gasteiger partial charge in [0.1, 0.15) is 0 Å². The van der Waals surface area contributed by atoms with Crippen LogP contribution in [0.3, 0.4) is 0 Å². The Balaban J connectivity index is 0.00000161. The van der Waals surface area contributed by atoms with Crippen molar-refractivity contribution < 1.29 is 4.79 Å². The topological polar surface area (TPSA) is 50.2 Å². The van der Waals surface area contributed by atoms with Gasteiger partial charge in [-0.15, -0.1) is 12.4 Å². The first kappa shape index (κ1) is 16.3. The molecule has 3 heterocycles. The lowest BCUT2D eigenvalue weighted by Crippen LogP contribution is -2.41. The Morgan fingerprint density at radius 3 is 2.95 bits per heavy atom. The summed E-state index contributed by atoms with van der Waals surface area (Å²) in [6.45, 7) is 4.80. The van der Waals surface area contributed by atoms with Crippen molar-refractivity contribution in [3.8, 4) is 0 Å². The fraction of sp³-hybridized carbons (Fsp3) is 0.733. The molecule has 2 aliphatic rings. The van der Waals surface area contributed by atoms with E-state index in [9.17, 15) is 4.79 Å². The van der Waals surface area contributed by atoms with Crippen molar-refractivity contribution in [2.24, 2.45) is 13.0 Å². The van der Waals surface area contributed by atoms with Crippen LogP contribution in [-0.2, 0) is 11.8 Å². The first-order valence-electron chi connectivity index (χ1n) is 7.70. The predicted octanol–water partition coefficient (Wildman–Crippen LogP) is 1.55. The van der Waals surface area contributed by atoms with Crippen LogP contribution >= 0.6 is 12.4 Å². The summed E-state index contributed by atoms with van der Waals surface area (Å²) in [7, 11) is 1.93. The zero-order valence-corrected chi connectivity index (χ0v) is 13.6. The normalized spacial score (nSPS) is 28.7. The van der Waals surface area contributed by atoms with Gasteiger partial charge in [-0.2, -0.15) is 5.10 Å². The Hall–Kier alpha value is -1.07. The van der Waals surface area contributed by atoms with Gasteiger partial charge in [0.15, 0.2) is 0 Å². The van der Waals surface area contributed by atoms with E-state index in [1.54, 1.807) is 0 Å². The summed E-state index contributed by atoms with van der Waals surface area (Å²) in [5.41, 5.74) is 1.18. The van der Waals surface area contributed by atoms with Gasteiger partial charge in [0.25, 0.3) is 0 Å². The molecule has 3 atom stereocenters. The number of nitrogens with zero attached hydrogens (tertiary/aromatic N) is 3. The summed E-state index contributed by atoms with van der Waals surface area (Å²) in [6, 6.07) is 0.456. The van der Waals surface area contributed by atoms with Gasteiger partial charge in [-0.3, -0.25) is 9.48 Å². The van der Waals surface area contributed by atoms with Crippen LogP contribution in [0.15, 0.2) is 12.4 Å². The van der Waals surface area contributed by atoms with Crippen LogP contribution in [0.2, 0.25) is 0 Å². The number of aromatic nitrogens is 2. The van der Waals surface area contributed by atoms with Crippen molar-refractivity contribution >= 4 is 18.3 Å². The van der Waals surface area contributed by atoms with E-state index in [4.69, 9.17) is 0 Å². The third-order valence-electron chi connectivity index (χ3n) is 4.82. The number of hydrogen-bond acceptors (Lipinski definition) is 3. The average molecular weight is 313 g/mol. The van der Waals surface area contributed by atoms with Crippen molar-refractivity contribution in [3.63, 3.8) is 0 Å². The molecule has 2 fully saturated rings. The third kappa shape index (κ3) is 3.09. The van der Waals surface area contributed by atoms with Crippen LogP contribution in [0.1, 0.15) is 37.7 Å². The van der Waals surface area contributed by atoms with E-state index in [2.05, 4.69) is 22.2 Å². The number of nitrogens with one attached hydrogen (secondary N) is 1. The van der Waals surface area contributed by atoms with E-state index in [0.717, 1.165) is 32.5 Å². The SMILES string of the molecule is CCC1CCCN1C(=O)[C@H]1CNC[C@@H]1c1cnn(C)c1.Cl. The molecule has 118 valence electrons. The lowest BCUT2D eigenvalue weighted by Gasteiger charge is -2.28. The maximum Gasteiger partial charge on any atom is 0.227 e. The molecular formula is C15H25ClN4O. The van der Waals surface area contributed by atoms with Gasteiger partial charge in [-0.1, -0.05) is 6.92 Å². The molecule has 1 N–H and O–H groups in total. The maximum absolute atomic E-state index is 12.9. The van der Waals surface area contributed by atoms with Gasteiger partial charge < -0.3 is 10.2 Å². The number of aryl methyl sites for hydroxylation is 1. The number of halogens is 1. The van der Waals surface area contributed by atoms with Crippen molar-refractivity contribution in [3.05, 3.63) is 18.0 Å². The monoisotopic (exact) mass is 312 g/mol. The largest absolute Gasteiger partial charge is 0.339 e. The van der Waals surface area contributed by atoms with E-state index < -0.39 is 0 Å². The van der Waals surface area contributed by atoms with E-state index in [-0.39, 0.29) is 24.2 Å². The van der Waals surface area contributed by atoms with E-state index in [1.807, 2.05) is 24.1 Å². The zero-order chi connectivity index (χ0) is 14.1. The molecule has 0 aromatic carbocycles. The van der Waals surface area contributed by atoms with Gasteiger partial charge in [0.05, 0.1) is 12.1 Å². The van der Waals surface area contributed by atoms with Crippen LogP contribution in [0.25, 0.3) is 0 Å². The smallest absolute Gasteiger partial charge is 0.227 e. The van der Waals surface area contributed by atoms with Gasteiger partial charge >= 0.3 is 0 Å². The Bertz CT molecular complexity index is 490. The van der Waals surface area contributed by atoms with E-state index >= 15 is 0 Å². The molecule has 0 aliphatic carbocycles. The average Bonchev–Trinajstić information content (AvgIpc) is 3.17. The molecule has 21 heavy (non-hydrogen) atoms. The number of carbonyl (C=O) groups is 1. The summed E-state index contributed by atoms with van der Waals surface area (Å²) in [6.07, 6.45) is 7.34. The number of likely N-dealkylation sites (tertiary alicyclic amines) is 1. The first-order valence-corrected chi connectivity index (χ1v) is 7.70. The maximum atomic E-state index is 12.9. The molecule has 1 unspecified atom stereocenters. The molecule has 3 rings (SSSR count). The fourth-order valence-corrected chi connectivity index (χ4v) is 3.68. The second-order valence-corrected chi connectivity index (χ2v) is 6.05. The van der Waals surface area contributed by atoms with Crippen molar-refractivity contribution in [1.82, 2.24) is 20.0 Å². The van der Waals surface area contributed by atoms with Crippen molar-refractivity contribution in [2.45, 2.75) is 38.1 Å². The molecule has 6 heteroatoms. The van der Waals surface area contributed by atoms with Gasteiger partial charge in [-0.25, -0.2) is 0 Å². The molecule has 0 saturated carbocycles. The minimum absolute atomic E-state index is 0. The van der Waals surface area contributed by atoms with Crippen LogP contribution in [0.5, 0.6) is 0 Å². The molecule has 2 saturated heterocycles. The fourth-order valence-electron chi connectivity index (χ4n) is 3.68. The highest BCUT2D eigenvalue weighted by Crippen LogP contribution is 2.32. The second-order valence-electron chi connectivity index (χ2n) is 6.05. The summed E-state index contributed by atoms with van der Waals surface area (Å²) < 4.78 is 1.82. The van der Waals surface area contributed by atoms with Crippen LogP contribution in [0, 0.1) is 5.92 Å². The standard InChI is InChI=1S/C15H24N4O.ClH/c1-3-12-5-4-6-19(12)15(20)14-9-16-8-13(14)11-7-17-18(2)10-11;/h7,10,12-14,16H,3-6,8-9H2,1-2H3;1H/t12?,13-,14+;/m1./s1. The third-order valence-corrected chi connectivity index (χ3v) is 4.82. The van der Waals surface area contributed by atoms with Gasteiger partial charge in [0.2, 0.25) is 5.91 Å². The van der Waals surface area contributed by atoms with E-state index in [1.165, 1.54) is 12.0 Å². The van der Waals surface area contributed by atoms with Crippen molar-refractivity contribution in [1.29, 1.82) is 0 Å². The number of hydrogen-bond donors (Lipinski definition) is 1. The first-order chi connectivity index (χ1) is 9.70. The minimum Gasteiger partial charge on any atom is -0.339 e. The predicted molar refractivity (Wildman–Crippen MR) is 84.6 cm³/mol. The highest BCUT2D eigenvalue weighted by atomic mass is 35.5. The van der Waals surface area contributed by atoms with Gasteiger partial charge in [-0.05, 0) is 24.8 Å². The Kier molecular flexibility index (Phi) is 5.27. The lowest BCUT2D eigenvalue weighted by molar-refractivity contribution is -0.136. The number of amides is 1. The highest BCUT2D eigenvalue weighted by molar-refractivity contribution is 5.85. The van der Waals surface area contributed by atoms with Crippen LogP contribution in [-0.4, -0.2) is 46.3 Å². The van der Waals surface area contributed by atoms with E-state index in [0.29, 0.717) is 11.9 Å².